The van der Waals surface area contributed by atoms with Crippen LogP contribution in [0.2, 0.25) is 0 Å². The molecule has 0 heterocycles. The lowest BCUT2D eigenvalue weighted by Crippen LogP contribution is -2.04. The first-order valence-electron chi connectivity index (χ1n) is 2.29. The molecular weight excluding hydrogens is 102 g/mol. The lowest BCUT2D eigenvalue weighted by atomic mass is 10.5. The highest BCUT2D eigenvalue weighted by atomic mass is 15.4. The number of hydrazone groups is 1. The first kappa shape index (κ1) is 6.96. The van der Waals surface area contributed by atoms with Crippen LogP contribution in [0.4, 0.5) is 0 Å². The molecule has 0 aromatic carbocycles. The van der Waals surface area contributed by atoms with Crippen LogP contribution in [0, 0.1) is 11.3 Å². The van der Waals surface area contributed by atoms with Crippen molar-refractivity contribution in [1.29, 1.82) is 5.26 Å². The van der Waals surface area contributed by atoms with Crippen LogP contribution in [0.3, 0.4) is 0 Å². The fourth-order valence-electron chi connectivity index (χ4n) is 0.322. The van der Waals surface area contributed by atoms with Crippen molar-refractivity contribution in [3.8, 4) is 6.07 Å². The van der Waals surface area contributed by atoms with Crippen molar-refractivity contribution in [3.05, 3.63) is 0 Å². The molecule has 0 aliphatic rings. The van der Waals surface area contributed by atoms with Gasteiger partial charge in [-0.1, -0.05) is 0 Å². The van der Waals surface area contributed by atoms with Gasteiger partial charge in [-0.3, -0.25) is 0 Å². The van der Waals surface area contributed by atoms with E-state index in [1.54, 1.807) is 26.0 Å². The zero-order valence-electron chi connectivity index (χ0n) is 5.34. The van der Waals surface area contributed by atoms with E-state index in [-0.39, 0.29) is 0 Å². The Labute approximate surface area is 49.2 Å². The first-order valence-corrected chi connectivity index (χ1v) is 2.29. The van der Waals surface area contributed by atoms with Crippen molar-refractivity contribution in [2.75, 3.05) is 14.1 Å². The Morgan fingerprint density at radius 1 is 1.62 bits per heavy atom. The minimum atomic E-state index is 0.481. The van der Waals surface area contributed by atoms with Gasteiger partial charge in [-0.25, -0.2) is 0 Å². The lowest BCUT2D eigenvalue weighted by Gasteiger charge is -2.01. The van der Waals surface area contributed by atoms with Crippen molar-refractivity contribution < 1.29 is 0 Å². The highest BCUT2D eigenvalue weighted by Gasteiger charge is 1.83. The second-order valence-electron chi connectivity index (χ2n) is 1.64. The Morgan fingerprint density at radius 2 is 2.12 bits per heavy atom. The molecule has 0 radical (unpaired) electrons. The SMILES string of the molecule is C/C(C#N)=N\N(C)C. The quantitative estimate of drug-likeness (QED) is 0.364. The molecule has 0 atom stereocenters. The van der Waals surface area contributed by atoms with Crippen molar-refractivity contribution >= 4 is 5.71 Å². The Kier molecular flexibility index (Phi) is 2.63. The van der Waals surface area contributed by atoms with Gasteiger partial charge in [0.1, 0.15) is 11.8 Å². The zero-order valence-corrected chi connectivity index (χ0v) is 5.34. The summed E-state index contributed by atoms with van der Waals surface area (Å²) in [7, 11) is 3.56. The third kappa shape index (κ3) is 3.16. The summed E-state index contributed by atoms with van der Waals surface area (Å²) < 4.78 is 0. The maximum Gasteiger partial charge on any atom is 0.134 e. The maximum atomic E-state index is 8.18. The molecule has 8 heavy (non-hydrogen) atoms. The van der Waals surface area contributed by atoms with Crippen LogP contribution >= 0.6 is 0 Å². The predicted octanol–water partition coefficient (Wildman–Crippen LogP) is 0.447. The van der Waals surface area contributed by atoms with E-state index in [0.717, 1.165) is 0 Å². The summed E-state index contributed by atoms with van der Waals surface area (Å²) in [5.41, 5.74) is 0.481. The van der Waals surface area contributed by atoms with Gasteiger partial charge in [0.25, 0.3) is 0 Å². The monoisotopic (exact) mass is 111 g/mol. The average Bonchev–Trinajstić information content (AvgIpc) is 1.65. The summed E-state index contributed by atoms with van der Waals surface area (Å²) in [6.45, 7) is 1.67. The molecule has 3 heteroatoms. The van der Waals surface area contributed by atoms with E-state index in [1.165, 1.54) is 0 Å². The van der Waals surface area contributed by atoms with Crippen LogP contribution in [-0.4, -0.2) is 24.8 Å². The molecule has 0 aliphatic heterocycles. The Bertz CT molecular complexity index is 129. The molecule has 0 unspecified atom stereocenters. The van der Waals surface area contributed by atoms with Gasteiger partial charge in [-0.2, -0.15) is 10.4 Å². The number of hydrogen-bond acceptors (Lipinski definition) is 3. The van der Waals surface area contributed by atoms with Gasteiger partial charge in [-0.05, 0) is 6.92 Å². The number of nitrogens with zero attached hydrogens (tertiary/aromatic N) is 3. The molecule has 0 fully saturated rings. The second-order valence-corrected chi connectivity index (χ2v) is 1.64. The van der Waals surface area contributed by atoms with Gasteiger partial charge in [0, 0.05) is 14.1 Å². The average molecular weight is 111 g/mol. The molecule has 0 spiro atoms. The highest BCUT2D eigenvalue weighted by Crippen LogP contribution is 1.77. The maximum absolute atomic E-state index is 8.18. The molecule has 0 aromatic rings. The van der Waals surface area contributed by atoms with Crippen LogP contribution in [0.5, 0.6) is 0 Å². The number of nitriles is 1. The normalized spacial score (nSPS) is 10.5. The van der Waals surface area contributed by atoms with E-state index in [4.69, 9.17) is 5.26 Å². The van der Waals surface area contributed by atoms with Gasteiger partial charge in [0.2, 0.25) is 0 Å². The van der Waals surface area contributed by atoms with Gasteiger partial charge in [0.05, 0.1) is 0 Å². The summed E-state index contributed by atoms with van der Waals surface area (Å²) in [6.07, 6.45) is 0. The van der Waals surface area contributed by atoms with Crippen LogP contribution in [0.25, 0.3) is 0 Å². The predicted molar refractivity (Wildman–Crippen MR) is 32.4 cm³/mol. The molecule has 0 N–H and O–H groups in total. The summed E-state index contributed by atoms with van der Waals surface area (Å²) in [5, 5.41) is 13.6. The van der Waals surface area contributed by atoms with Crippen LogP contribution < -0.4 is 0 Å². The molecule has 44 valence electrons. The third-order valence-electron chi connectivity index (χ3n) is 0.512. The second kappa shape index (κ2) is 3.03. The van der Waals surface area contributed by atoms with E-state index in [2.05, 4.69) is 5.10 Å². The van der Waals surface area contributed by atoms with Crippen molar-refractivity contribution in [1.82, 2.24) is 5.01 Å². The first-order chi connectivity index (χ1) is 3.66. The van der Waals surface area contributed by atoms with Crippen molar-refractivity contribution in [3.63, 3.8) is 0 Å². The smallest absolute Gasteiger partial charge is 0.134 e. The molecule has 0 rings (SSSR count). The molecule has 0 aliphatic carbocycles. The standard InChI is InChI=1S/C5H9N3/c1-5(4-6)7-8(2)3/h1-3H3/b7-5+. The van der Waals surface area contributed by atoms with Crippen LogP contribution in [-0.2, 0) is 0 Å². The minimum Gasteiger partial charge on any atom is -0.302 e. The van der Waals surface area contributed by atoms with Crippen molar-refractivity contribution in [2.24, 2.45) is 5.10 Å². The molecular formula is C5H9N3. The minimum absolute atomic E-state index is 0.481. The lowest BCUT2D eigenvalue weighted by molar-refractivity contribution is 0.438. The third-order valence-corrected chi connectivity index (χ3v) is 0.512. The van der Waals surface area contributed by atoms with Crippen LogP contribution in [0.1, 0.15) is 6.92 Å². The number of hydrogen-bond donors (Lipinski definition) is 0. The largest absolute Gasteiger partial charge is 0.302 e. The van der Waals surface area contributed by atoms with E-state index >= 15 is 0 Å². The van der Waals surface area contributed by atoms with Crippen molar-refractivity contribution in [2.45, 2.75) is 6.92 Å². The Morgan fingerprint density at radius 3 is 2.25 bits per heavy atom. The molecule has 3 nitrogen and oxygen atoms in total. The molecule has 0 amide bonds. The van der Waals surface area contributed by atoms with E-state index in [9.17, 15) is 0 Å². The fourth-order valence-corrected chi connectivity index (χ4v) is 0.322. The van der Waals surface area contributed by atoms with E-state index in [0.29, 0.717) is 5.71 Å². The summed E-state index contributed by atoms with van der Waals surface area (Å²) in [6, 6.07) is 1.90. The molecule has 0 aromatic heterocycles. The summed E-state index contributed by atoms with van der Waals surface area (Å²) in [5.74, 6) is 0. The van der Waals surface area contributed by atoms with Gasteiger partial charge in [-0.15, -0.1) is 0 Å². The van der Waals surface area contributed by atoms with Crippen LogP contribution in [0.15, 0.2) is 5.10 Å². The van der Waals surface area contributed by atoms with Gasteiger partial charge < -0.3 is 5.01 Å². The highest BCUT2D eigenvalue weighted by molar-refractivity contribution is 5.96. The Hall–Kier alpha value is -1.04. The fraction of sp³-hybridized carbons (Fsp3) is 0.600. The van der Waals surface area contributed by atoms with Gasteiger partial charge >= 0.3 is 0 Å². The van der Waals surface area contributed by atoms with E-state index in [1.807, 2.05) is 6.07 Å². The Balaban J connectivity index is 3.80. The van der Waals surface area contributed by atoms with E-state index < -0.39 is 0 Å². The number of rotatable bonds is 1. The molecule has 0 saturated carbocycles. The molecule has 0 saturated heterocycles. The summed E-state index contributed by atoms with van der Waals surface area (Å²) >= 11 is 0. The van der Waals surface area contributed by atoms with Gasteiger partial charge in [0.15, 0.2) is 0 Å². The summed E-state index contributed by atoms with van der Waals surface area (Å²) in [4.78, 5) is 0. The topological polar surface area (TPSA) is 39.4 Å². The molecule has 0 bridgehead atoms. The zero-order chi connectivity index (χ0) is 6.57.